The predicted octanol–water partition coefficient (Wildman–Crippen LogP) is 2.47. The van der Waals surface area contributed by atoms with Crippen LogP contribution >= 0.6 is 0 Å². The molecular formula is C15H25N3. The lowest BCUT2D eigenvalue weighted by molar-refractivity contribution is 0.411. The molecule has 0 radical (unpaired) electrons. The van der Waals surface area contributed by atoms with E-state index in [2.05, 4.69) is 30.5 Å². The quantitative estimate of drug-likeness (QED) is 0.837. The van der Waals surface area contributed by atoms with Gasteiger partial charge in [0.05, 0.1) is 6.20 Å². The highest BCUT2D eigenvalue weighted by Gasteiger charge is 2.55. The molecule has 0 amide bonds. The highest BCUT2D eigenvalue weighted by Crippen LogP contribution is 2.59. The summed E-state index contributed by atoms with van der Waals surface area (Å²) in [4.78, 5) is 0. The van der Waals surface area contributed by atoms with Crippen LogP contribution in [0.5, 0.6) is 0 Å². The molecule has 100 valence electrons. The molecule has 2 aliphatic rings. The van der Waals surface area contributed by atoms with Crippen molar-refractivity contribution < 1.29 is 0 Å². The first-order chi connectivity index (χ1) is 8.83. The van der Waals surface area contributed by atoms with E-state index in [0.717, 1.165) is 37.3 Å². The number of nitrogens with one attached hydrogen (secondary N) is 1. The molecule has 0 spiro atoms. The topological polar surface area (TPSA) is 29.9 Å². The molecule has 1 N–H and O–H groups in total. The fourth-order valence-corrected chi connectivity index (χ4v) is 4.02. The first-order valence-electron chi connectivity index (χ1n) is 7.58. The molecule has 1 aromatic rings. The Hall–Kier alpha value is -0.830. The Morgan fingerprint density at radius 1 is 1.39 bits per heavy atom. The van der Waals surface area contributed by atoms with Crippen LogP contribution in [0.4, 0.5) is 0 Å². The number of likely N-dealkylation sites (N-methyl/N-ethyl adjacent to an activating group) is 1. The van der Waals surface area contributed by atoms with E-state index in [1.807, 2.05) is 10.9 Å². The highest BCUT2D eigenvalue weighted by atomic mass is 15.3. The maximum absolute atomic E-state index is 4.39. The van der Waals surface area contributed by atoms with Crippen molar-refractivity contribution in [1.29, 1.82) is 0 Å². The summed E-state index contributed by atoms with van der Waals surface area (Å²) in [7, 11) is 0. The zero-order valence-corrected chi connectivity index (χ0v) is 11.6. The van der Waals surface area contributed by atoms with Gasteiger partial charge in [0.1, 0.15) is 0 Å². The van der Waals surface area contributed by atoms with Gasteiger partial charge in [-0.05, 0) is 56.0 Å². The highest BCUT2D eigenvalue weighted by molar-refractivity contribution is 5.13. The largest absolute Gasteiger partial charge is 0.314 e. The van der Waals surface area contributed by atoms with E-state index >= 15 is 0 Å². The standard InChI is InChI=1S/C15H25N3/c1-3-16-14(15-12-6-5-7-13(12)15)8-11-9-17-18(4-2)10-11/h9-10,12-16H,3-8H2,1-2H3. The molecule has 3 nitrogen and oxygen atoms in total. The molecule has 2 fully saturated rings. The summed E-state index contributed by atoms with van der Waals surface area (Å²) in [5, 5.41) is 8.10. The van der Waals surface area contributed by atoms with Crippen LogP contribution < -0.4 is 5.32 Å². The Bertz CT molecular complexity index is 388. The maximum atomic E-state index is 4.39. The van der Waals surface area contributed by atoms with Crippen LogP contribution in [0.3, 0.4) is 0 Å². The summed E-state index contributed by atoms with van der Waals surface area (Å²) in [6.45, 7) is 6.42. The molecule has 3 atom stereocenters. The van der Waals surface area contributed by atoms with Gasteiger partial charge in [-0.3, -0.25) is 4.68 Å². The van der Waals surface area contributed by atoms with Crippen LogP contribution in [-0.4, -0.2) is 22.4 Å². The molecule has 2 saturated carbocycles. The number of hydrogen-bond acceptors (Lipinski definition) is 2. The van der Waals surface area contributed by atoms with Gasteiger partial charge < -0.3 is 5.32 Å². The zero-order chi connectivity index (χ0) is 12.5. The summed E-state index contributed by atoms with van der Waals surface area (Å²) in [6, 6.07) is 0.680. The average Bonchev–Trinajstić information content (AvgIpc) is 2.79. The van der Waals surface area contributed by atoms with Crippen molar-refractivity contribution in [2.24, 2.45) is 17.8 Å². The molecule has 0 saturated heterocycles. The van der Waals surface area contributed by atoms with E-state index in [9.17, 15) is 0 Å². The van der Waals surface area contributed by atoms with Gasteiger partial charge >= 0.3 is 0 Å². The number of aromatic nitrogens is 2. The molecule has 0 aliphatic heterocycles. The first-order valence-corrected chi connectivity index (χ1v) is 7.58. The zero-order valence-electron chi connectivity index (χ0n) is 11.6. The van der Waals surface area contributed by atoms with E-state index in [1.165, 1.54) is 24.8 Å². The Balaban J connectivity index is 1.63. The smallest absolute Gasteiger partial charge is 0.0522 e. The van der Waals surface area contributed by atoms with Crippen LogP contribution in [0.15, 0.2) is 12.4 Å². The van der Waals surface area contributed by atoms with Gasteiger partial charge in [0.25, 0.3) is 0 Å². The predicted molar refractivity (Wildman–Crippen MR) is 73.4 cm³/mol. The maximum Gasteiger partial charge on any atom is 0.0522 e. The number of hydrogen-bond donors (Lipinski definition) is 1. The Kier molecular flexibility index (Phi) is 3.42. The Labute approximate surface area is 110 Å². The molecule has 3 unspecified atom stereocenters. The molecule has 1 aromatic heterocycles. The lowest BCUT2D eigenvalue weighted by atomic mass is 9.98. The minimum Gasteiger partial charge on any atom is -0.314 e. The summed E-state index contributed by atoms with van der Waals surface area (Å²) >= 11 is 0. The number of nitrogens with zero attached hydrogens (tertiary/aromatic N) is 2. The summed E-state index contributed by atoms with van der Waals surface area (Å²) in [5.74, 6) is 3.02. The van der Waals surface area contributed by atoms with Gasteiger partial charge in [0.2, 0.25) is 0 Å². The summed E-state index contributed by atoms with van der Waals surface area (Å²) < 4.78 is 2.03. The number of aryl methyl sites for hydroxylation is 1. The number of fused-ring (bicyclic) bond motifs is 1. The lowest BCUT2D eigenvalue weighted by Gasteiger charge is -2.19. The molecule has 0 bridgehead atoms. The molecule has 3 heteroatoms. The Morgan fingerprint density at radius 2 is 2.17 bits per heavy atom. The second-order valence-electron chi connectivity index (χ2n) is 5.91. The second-order valence-corrected chi connectivity index (χ2v) is 5.91. The van der Waals surface area contributed by atoms with E-state index in [4.69, 9.17) is 0 Å². The van der Waals surface area contributed by atoms with Gasteiger partial charge in [0, 0.05) is 18.8 Å². The SMILES string of the molecule is CCNC(Cc1cnn(CC)c1)C1C2CCCC21. The van der Waals surface area contributed by atoms with Crippen LogP contribution in [-0.2, 0) is 13.0 Å². The molecule has 1 heterocycles. The van der Waals surface area contributed by atoms with Crippen LogP contribution in [0.2, 0.25) is 0 Å². The van der Waals surface area contributed by atoms with Crippen LogP contribution in [0, 0.1) is 17.8 Å². The summed E-state index contributed by atoms with van der Waals surface area (Å²) in [6.07, 6.45) is 9.84. The van der Waals surface area contributed by atoms with Crippen molar-refractivity contribution >= 4 is 0 Å². The van der Waals surface area contributed by atoms with E-state index < -0.39 is 0 Å². The van der Waals surface area contributed by atoms with Crippen molar-refractivity contribution in [3.63, 3.8) is 0 Å². The van der Waals surface area contributed by atoms with Gasteiger partial charge in [0.15, 0.2) is 0 Å². The van der Waals surface area contributed by atoms with Crippen molar-refractivity contribution in [1.82, 2.24) is 15.1 Å². The van der Waals surface area contributed by atoms with E-state index in [0.29, 0.717) is 6.04 Å². The third-order valence-electron chi connectivity index (χ3n) is 4.87. The van der Waals surface area contributed by atoms with Crippen molar-refractivity contribution in [2.75, 3.05) is 6.54 Å². The third kappa shape index (κ3) is 2.20. The fourth-order valence-electron chi connectivity index (χ4n) is 4.02. The average molecular weight is 247 g/mol. The van der Waals surface area contributed by atoms with Crippen LogP contribution in [0.25, 0.3) is 0 Å². The van der Waals surface area contributed by atoms with E-state index in [-0.39, 0.29) is 0 Å². The minimum absolute atomic E-state index is 0.680. The Morgan fingerprint density at radius 3 is 2.78 bits per heavy atom. The third-order valence-corrected chi connectivity index (χ3v) is 4.87. The van der Waals surface area contributed by atoms with Gasteiger partial charge in [-0.1, -0.05) is 13.3 Å². The lowest BCUT2D eigenvalue weighted by Crippen LogP contribution is -2.34. The normalized spacial score (nSPS) is 31.3. The van der Waals surface area contributed by atoms with Gasteiger partial charge in [-0.2, -0.15) is 5.10 Å². The molecular weight excluding hydrogens is 222 g/mol. The summed E-state index contributed by atoms with van der Waals surface area (Å²) in [5.41, 5.74) is 1.40. The fraction of sp³-hybridized carbons (Fsp3) is 0.800. The van der Waals surface area contributed by atoms with Gasteiger partial charge in [-0.15, -0.1) is 0 Å². The van der Waals surface area contributed by atoms with Gasteiger partial charge in [-0.25, -0.2) is 0 Å². The second kappa shape index (κ2) is 5.04. The molecule has 0 aromatic carbocycles. The van der Waals surface area contributed by atoms with Crippen molar-refractivity contribution in [3.8, 4) is 0 Å². The van der Waals surface area contributed by atoms with E-state index in [1.54, 1.807) is 0 Å². The van der Waals surface area contributed by atoms with Crippen LogP contribution in [0.1, 0.15) is 38.7 Å². The monoisotopic (exact) mass is 247 g/mol. The number of rotatable bonds is 6. The molecule has 2 aliphatic carbocycles. The molecule has 3 rings (SSSR count). The molecule has 18 heavy (non-hydrogen) atoms. The first kappa shape index (κ1) is 12.2. The minimum atomic E-state index is 0.680. The van der Waals surface area contributed by atoms with Crippen molar-refractivity contribution in [3.05, 3.63) is 18.0 Å². The van der Waals surface area contributed by atoms with Crippen molar-refractivity contribution in [2.45, 2.75) is 52.1 Å².